The molecule has 37 heavy (non-hydrogen) atoms. The lowest BCUT2D eigenvalue weighted by atomic mass is 10.0. The average Bonchev–Trinajstić information content (AvgIpc) is 3.16. The number of ether oxygens (including phenoxy) is 1. The molecule has 1 atom stereocenters. The molecule has 3 aromatic carbocycles. The molecule has 9 heteroatoms. The van der Waals surface area contributed by atoms with Crippen LogP contribution in [0.3, 0.4) is 0 Å². The third-order valence-corrected chi connectivity index (χ3v) is 5.85. The maximum atomic E-state index is 13.1. The number of anilines is 1. The van der Waals surface area contributed by atoms with Crippen LogP contribution < -0.4 is 5.32 Å². The summed E-state index contributed by atoms with van der Waals surface area (Å²) in [7, 11) is 3.28. The molecule has 1 N–H and O–H groups in total. The smallest absolute Gasteiger partial charge is 0.330 e. The van der Waals surface area contributed by atoms with Crippen molar-refractivity contribution in [3.8, 4) is 0 Å². The molecule has 9 nitrogen and oxygen atoms in total. The fraction of sp³-hybridized carbons (Fsp3) is 0.179. The second-order valence-corrected chi connectivity index (χ2v) is 8.66. The Bertz CT molecular complexity index is 1320. The van der Waals surface area contributed by atoms with Gasteiger partial charge in [0.15, 0.2) is 6.61 Å². The largest absolute Gasteiger partial charge is 0.454 e. The Hall–Kier alpha value is -4.79. The van der Waals surface area contributed by atoms with Gasteiger partial charge in [-0.25, -0.2) is 4.79 Å². The molecule has 1 aliphatic heterocycles. The van der Waals surface area contributed by atoms with Gasteiger partial charge in [0.1, 0.15) is 6.04 Å². The number of hydrogen-bond donors (Lipinski definition) is 1. The standard InChI is InChI=1S/C28H25N3O6/c1-30(2)25(33)19-12-14-20(15-13-19)29-24(32)17-37-28(36)23(16-18-8-4-3-5-9-18)31-26(34)21-10-6-7-11-22(21)27(31)35/h3-15,23H,16-17H2,1-2H3,(H,29,32)/t23-/m0/s1. The Morgan fingerprint density at radius 3 is 1.97 bits per heavy atom. The fourth-order valence-corrected chi connectivity index (χ4v) is 3.99. The first-order chi connectivity index (χ1) is 17.8. The zero-order valence-electron chi connectivity index (χ0n) is 20.3. The van der Waals surface area contributed by atoms with E-state index in [1.165, 1.54) is 17.0 Å². The van der Waals surface area contributed by atoms with Crippen LogP contribution in [0.1, 0.15) is 36.6 Å². The van der Waals surface area contributed by atoms with E-state index < -0.39 is 36.3 Å². The SMILES string of the molecule is CN(C)C(=O)c1ccc(NC(=O)COC(=O)[C@H](Cc2ccccc2)N2C(=O)c3ccccc3C2=O)cc1. The average molecular weight is 500 g/mol. The maximum absolute atomic E-state index is 13.1. The summed E-state index contributed by atoms with van der Waals surface area (Å²) in [6.45, 7) is -0.619. The first-order valence-electron chi connectivity index (χ1n) is 11.6. The van der Waals surface area contributed by atoms with Gasteiger partial charge >= 0.3 is 5.97 Å². The number of nitrogens with zero attached hydrogens (tertiary/aromatic N) is 2. The van der Waals surface area contributed by atoms with Crippen LogP contribution in [0.2, 0.25) is 0 Å². The highest BCUT2D eigenvalue weighted by atomic mass is 16.5. The molecule has 4 amide bonds. The van der Waals surface area contributed by atoms with Gasteiger partial charge in [-0.15, -0.1) is 0 Å². The quantitative estimate of drug-likeness (QED) is 0.377. The van der Waals surface area contributed by atoms with Gasteiger partial charge in [-0.1, -0.05) is 42.5 Å². The Morgan fingerprint density at radius 1 is 0.838 bits per heavy atom. The molecule has 0 fully saturated rings. The van der Waals surface area contributed by atoms with Crippen LogP contribution in [-0.2, 0) is 20.7 Å². The van der Waals surface area contributed by atoms with Gasteiger partial charge in [0.2, 0.25) is 0 Å². The summed E-state index contributed by atoms with van der Waals surface area (Å²) in [4.78, 5) is 66.0. The van der Waals surface area contributed by atoms with Crippen molar-refractivity contribution in [3.05, 3.63) is 101 Å². The van der Waals surface area contributed by atoms with E-state index in [0.29, 0.717) is 11.3 Å². The summed E-state index contributed by atoms with van der Waals surface area (Å²) >= 11 is 0. The Morgan fingerprint density at radius 2 is 1.41 bits per heavy atom. The van der Waals surface area contributed by atoms with Crippen molar-refractivity contribution in [2.45, 2.75) is 12.5 Å². The normalized spacial score (nSPS) is 13.1. The van der Waals surface area contributed by atoms with Crippen LogP contribution in [0, 0.1) is 0 Å². The molecule has 0 aromatic heterocycles. The van der Waals surface area contributed by atoms with Crippen LogP contribution in [-0.4, -0.2) is 66.1 Å². The topological polar surface area (TPSA) is 113 Å². The van der Waals surface area contributed by atoms with Gasteiger partial charge in [-0.3, -0.25) is 24.1 Å². The molecule has 0 saturated heterocycles. The number of carbonyl (C=O) groups excluding carboxylic acids is 5. The summed E-state index contributed by atoms with van der Waals surface area (Å²) in [6, 6.07) is 20.3. The molecular weight excluding hydrogens is 474 g/mol. The highest BCUT2D eigenvalue weighted by molar-refractivity contribution is 6.22. The minimum atomic E-state index is -1.25. The van der Waals surface area contributed by atoms with E-state index in [-0.39, 0.29) is 23.5 Å². The van der Waals surface area contributed by atoms with Gasteiger partial charge in [0.25, 0.3) is 23.6 Å². The van der Waals surface area contributed by atoms with Gasteiger partial charge in [0.05, 0.1) is 11.1 Å². The van der Waals surface area contributed by atoms with E-state index in [0.717, 1.165) is 10.5 Å². The van der Waals surface area contributed by atoms with Crippen molar-refractivity contribution in [2.24, 2.45) is 0 Å². The molecule has 0 aliphatic carbocycles. The third-order valence-electron chi connectivity index (χ3n) is 5.85. The molecule has 0 unspecified atom stereocenters. The second-order valence-electron chi connectivity index (χ2n) is 8.66. The van der Waals surface area contributed by atoms with Crippen LogP contribution in [0.4, 0.5) is 5.69 Å². The highest BCUT2D eigenvalue weighted by Gasteiger charge is 2.43. The van der Waals surface area contributed by atoms with Crippen molar-refractivity contribution in [1.82, 2.24) is 9.80 Å². The Labute approximate surface area is 213 Å². The number of carbonyl (C=O) groups is 5. The summed E-state index contributed by atoms with van der Waals surface area (Å²) in [5.74, 6) is -2.84. The van der Waals surface area contributed by atoms with Crippen molar-refractivity contribution in [2.75, 3.05) is 26.0 Å². The van der Waals surface area contributed by atoms with E-state index in [2.05, 4.69) is 5.32 Å². The molecule has 3 aromatic rings. The number of fused-ring (bicyclic) bond motifs is 1. The number of amides is 4. The minimum Gasteiger partial charge on any atom is -0.454 e. The molecule has 0 radical (unpaired) electrons. The number of esters is 1. The summed E-state index contributed by atoms with van der Waals surface area (Å²) in [6.07, 6.45) is 0.0358. The summed E-state index contributed by atoms with van der Waals surface area (Å²) < 4.78 is 5.25. The van der Waals surface area contributed by atoms with Crippen LogP contribution >= 0.6 is 0 Å². The highest BCUT2D eigenvalue weighted by Crippen LogP contribution is 2.26. The van der Waals surface area contributed by atoms with E-state index in [4.69, 9.17) is 4.74 Å². The lowest BCUT2D eigenvalue weighted by Gasteiger charge is -2.24. The zero-order valence-corrected chi connectivity index (χ0v) is 20.3. The van der Waals surface area contributed by atoms with Gasteiger partial charge in [-0.2, -0.15) is 0 Å². The maximum Gasteiger partial charge on any atom is 0.330 e. The lowest BCUT2D eigenvalue weighted by Crippen LogP contribution is -2.47. The van der Waals surface area contributed by atoms with Crippen molar-refractivity contribution in [3.63, 3.8) is 0 Å². The van der Waals surface area contributed by atoms with Crippen LogP contribution in [0.25, 0.3) is 0 Å². The number of nitrogens with one attached hydrogen (secondary N) is 1. The van der Waals surface area contributed by atoms with E-state index >= 15 is 0 Å². The molecule has 0 bridgehead atoms. The van der Waals surface area contributed by atoms with Crippen molar-refractivity contribution in [1.29, 1.82) is 0 Å². The molecule has 1 heterocycles. The Kier molecular flexibility index (Phi) is 7.43. The van der Waals surface area contributed by atoms with Gasteiger partial charge in [0, 0.05) is 31.8 Å². The van der Waals surface area contributed by atoms with E-state index in [9.17, 15) is 24.0 Å². The van der Waals surface area contributed by atoms with Crippen LogP contribution in [0.5, 0.6) is 0 Å². The lowest BCUT2D eigenvalue weighted by molar-refractivity contribution is -0.151. The molecule has 188 valence electrons. The zero-order chi connectivity index (χ0) is 26.5. The first-order valence-corrected chi connectivity index (χ1v) is 11.6. The molecule has 0 saturated carbocycles. The molecule has 1 aliphatic rings. The van der Waals surface area contributed by atoms with Crippen molar-refractivity contribution < 1.29 is 28.7 Å². The predicted octanol–water partition coefficient (Wildman–Crippen LogP) is 2.78. The van der Waals surface area contributed by atoms with Gasteiger partial charge in [-0.05, 0) is 42.0 Å². The monoisotopic (exact) mass is 499 g/mol. The van der Waals surface area contributed by atoms with E-state index in [1.54, 1.807) is 74.8 Å². The third kappa shape index (κ3) is 5.56. The summed E-state index contributed by atoms with van der Waals surface area (Å²) in [5.41, 5.74) is 2.02. The summed E-state index contributed by atoms with van der Waals surface area (Å²) in [5, 5.41) is 2.59. The van der Waals surface area contributed by atoms with Crippen LogP contribution in [0.15, 0.2) is 78.9 Å². The number of benzene rings is 3. The van der Waals surface area contributed by atoms with E-state index in [1.807, 2.05) is 6.07 Å². The second kappa shape index (κ2) is 10.9. The Balaban J connectivity index is 1.45. The van der Waals surface area contributed by atoms with Crippen molar-refractivity contribution >= 4 is 35.3 Å². The number of rotatable bonds is 8. The number of imide groups is 1. The minimum absolute atomic E-state index is 0.0358. The molecular formula is C28H25N3O6. The molecule has 4 rings (SSSR count). The fourth-order valence-electron chi connectivity index (χ4n) is 3.99. The molecule has 0 spiro atoms. The van der Waals surface area contributed by atoms with Gasteiger partial charge < -0.3 is 15.0 Å². The first kappa shape index (κ1) is 25.3. The predicted molar refractivity (Wildman–Crippen MR) is 135 cm³/mol. The number of hydrogen-bond acceptors (Lipinski definition) is 6.